The molecule has 5 heteroatoms. The number of hydrogen-bond acceptors (Lipinski definition) is 2. The third-order valence-corrected chi connectivity index (χ3v) is 7.68. The van der Waals surface area contributed by atoms with Crippen LogP contribution in [0, 0.1) is 0 Å². The van der Waals surface area contributed by atoms with Crippen LogP contribution in [0.2, 0.25) is 10.0 Å². The monoisotopic (exact) mass is 444 g/mol. The Bertz CT molecular complexity index is 882. The number of hydrogen-bond donors (Lipinski definition) is 0. The van der Waals surface area contributed by atoms with Crippen molar-refractivity contribution >= 4 is 29.1 Å². The fourth-order valence-electron chi connectivity index (χ4n) is 5.19. The third kappa shape index (κ3) is 4.12. The van der Waals surface area contributed by atoms with Crippen molar-refractivity contribution in [3.63, 3.8) is 0 Å². The summed E-state index contributed by atoms with van der Waals surface area (Å²) in [6.07, 6.45) is 5.09. The van der Waals surface area contributed by atoms with E-state index in [0.717, 1.165) is 51.0 Å². The third-order valence-electron chi connectivity index (χ3n) is 6.94. The van der Waals surface area contributed by atoms with E-state index in [0.29, 0.717) is 10.0 Å². The first-order chi connectivity index (χ1) is 14.5. The second-order valence-corrected chi connectivity index (χ2v) is 9.42. The maximum absolute atomic E-state index is 14.1. The Kier molecular flexibility index (Phi) is 6.72. The number of carbonyl (C=O) groups excluding carboxylic acids is 1. The standard InChI is InChI=1S/C25H30Cl2N2O/c1-2-25(20-11-12-21(26)22(27)17-20)13-8-16-29(24(25)30)23(18-28-14-6-7-15-28)19-9-4-3-5-10-19/h3-5,9-12,17,23H,2,6-8,13-16,18H2,1H3. The molecule has 0 aromatic heterocycles. The second kappa shape index (κ2) is 9.30. The van der Waals surface area contributed by atoms with Crippen LogP contribution in [-0.2, 0) is 10.2 Å². The molecule has 2 unspecified atom stereocenters. The van der Waals surface area contributed by atoms with Gasteiger partial charge in [-0.2, -0.15) is 0 Å². The van der Waals surface area contributed by atoms with E-state index in [-0.39, 0.29) is 11.9 Å². The summed E-state index contributed by atoms with van der Waals surface area (Å²) in [5, 5.41) is 1.05. The molecule has 0 radical (unpaired) electrons. The summed E-state index contributed by atoms with van der Waals surface area (Å²) in [5.74, 6) is 0.225. The van der Waals surface area contributed by atoms with Crippen molar-refractivity contribution < 1.29 is 4.79 Å². The van der Waals surface area contributed by atoms with Crippen LogP contribution in [0.3, 0.4) is 0 Å². The van der Waals surface area contributed by atoms with E-state index in [4.69, 9.17) is 23.2 Å². The van der Waals surface area contributed by atoms with Crippen LogP contribution in [0.15, 0.2) is 48.5 Å². The summed E-state index contributed by atoms with van der Waals surface area (Å²) >= 11 is 12.5. The van der Waals surface area contributed by atoms with Gasteiger partial charge in [0.05, 0.1) is 21.5 Å². The summed E-state index contributed by atoms with van der Waals surface area (Å²) in [7, 11) is 0. The Hall–Kier alpha value is -1.55. The van der Waals surface area contributed by atoms with E-state index in [2.05, 4.69) is 41.0 Å². The minimum Gasteiger partial charge on any atom is -0.334 e. The average molecular weight is 445 g/mol. The summed E-state index contributed by atoms with van der Waals surface area (Å²) in [6.45, 7) is 6.06. The molecule has 0 saturated carbocycles. The van der Waals surface area contributed by atoms with Gasteiger partial charge in [-0.1, -0.05) is 66.5 Å². The lowest BCUT2D eigenvalue weighted by atomic mass is 9.71. The number of likely N-dealkylation sites (tertiary alicyclic amines) is 2. The minimum atomic E-state index is -0.537. The van der Waals surface area contributed by atoms with Gasteiger partial charge in [0.25, 0.3) is 0 Å². The first-order valence-electron chi connectivity index (χ1n) is 11.1. The highest BCUT2D eigenvalue weighted by molar-refractivity contribution is 6.42. The molecule has 0 aliphatic carbocycles. The molecular formula is C25H30Cl2N2O. The molecule has 0 bridgehead atoms. The first kappa shape index (κ1) is 21.7. The molecule has 30 heavy (non-hydrogen) atoms. The molecule has 2 aliphatic rings. The quantitative estimate of drug-likeness (QED) is 0.536. The minimum absolute atomic E-state index is 0.0748. The molecule has 2 aromatic carbocycles. The second-order valence-electron chi connectivity index (χ2n) is 8.60. The molecule has 2 fully saturated rings. The smallest absolute Gasteiger partial charge is 0.233 e. The van der Waals surface area contributed by atoms with Gasteiger partial charge in [0.15, 0.2) is 0 Å². The van der Waals surface area contributed by atoms with Gasteiger partial charge in [-0.05, 0) is 68.5 Å². The van der Waals surface area contributed by atoms with Crippen LogP contribution in [0.4, 0.5) is 0 Å². The number of carbonyl (C=O) groups is 1. The highest BCUT2D eigenvalue weighted by Crippen LogP contribution is 2.42. The predicted molar refractivity (Wildman–Crippen MR) is 124 cm³/mol. The number of rotatable bonds is 6. The van der Waals surface area contributed by atoms with E-state index in [1.54, 1.807) is 0 Å². The van der Waals surface area contributed by atoms with Crippen LogP contribution in [0.5, 0.6) is 0 Å². The van der Waals surface area contributed by atoms with Crippen molar-refractivity contribution in [2.45, 2.75) is 50.5 Å². The van der Waals surface area contributed by atoms with Gasteiger partial charge in [0.1, 0.15) is 0 Å². The number of nitrogens with zero attached hydrogens (tertiary/aromatic N) is 2. The maximum atomic E-state index is 14.1. The Morgan fingerprint density at radius 1 is 0.967 bits per heavy atom. The zero-order valence-electron chi connectivity index (χ0n) is 17.6. The molecule has 2 atom stereocenters. The zero-order chi connectivity index (χ0) is 21.1. The van der Waals surface area contributed by atoms with Gasteiger partial charge >= 0.3 is 0 Å². The molecule has 2 heterocycles. The molecule has 0 spiro atoms. The maximum Gasteiger partial charge on any atom is 0.233 e. The zero-order valence-corrected chi connectivity index (χ0v) is 19.1. The van der Waals surface area contributed by atoms with Crippen LogP contribution in [0.1, 0.15) is 56.2 Å². The average Bonchev–Trinajstić information content (AvgIpc) is 3.29. The topological polar surface area (TPSA) is 23.6 Å². The van der Waals surface area contributed by atoms with Gasteiger partial charge in [-0.25, -0.2) is 0 Å². The van der Waals surface area contributed by atoms with Crippen molar-refractivity contribution in [2.75, 3.05) is 26.2 Å². The normalized spacial score (nSPS) is 23.7. The van der Waals surface area contributed by atoms with Crippen molar-refractivity contribution in [3.8, 4) is 0 Å². The molecule has 4 rings (SSSR count). The lowest BCUT2D eigenvalue weighted by Crippen LogP contribution is -2.54. The van der Waals surface area contributed by atoms with Gasteiger partial charge in [0.2, 0.25) is 5.91 Å². The lowest BCUT2D eigenvalue weighted by Gasteiger charge is -2.46. The van der Waals surface area contributed by atoms with Gasteiger partial charge < -0.3 is 9.80 Å². The van der Waals surface area contributed by atoms with Crippen molar-refractivity contribution in [1.82, 2.24) is 9.80 Å². The number of halogens is 2. The molecule has 2 aromatic rings. The Morgan fingerprint density at radius 2 is 1.70 bits per heavy atom. The van der Waals surface area contributed by atoms with Crippen molar-refractivity contribution in [3.05, 3.63) is 69.7 Å². The first-order valence-corrected chi connectivity index (χ1v) is 11.8. The summed E-state index contributed by atoms with van der Waals surface area (Å²) in [5.41, 5.74) is 1.67. The van der Waals surface area contributed by atoms with Crippen LogP contribution < -0.4 is 0 Å². The molecule has 0 N–H and O–H groups in total. The van der Waals surface area contributed by atoms with Gasteiger partial charge in [0, 0.05) is 13.1 Å². The van der Waals surface area contributed by atoms with E-state index < -0.39 is 5.41 Å². The van der Waals surface area contributed by atoms with Gasteiger partial charge in [-0.15, -0.1) is 0 Å². The Morgan fingerprint density at radius 3 is 2.37 bits per heavy atom. The summed E-state index contributed by atoms with van der Waals surface area (Å²) in [6, 6.07) is 16.3. The predicted octanol–water partition coefficient (Wildman–Crippen LogP) is 6.10. The molecule has 2 saturated heterocycles. The van der Waals surface area contributed by atoms with Crippen LogP contribution >= 0.6 is 23.2 Å². The van der Waals surface area contributed by atoms with E-state index in [1.165, 1.54) is 18.4 Å². The number of benzene rings is 2. The fourth-order valence-corrected chi connectivity index (χ4v) is 5.49. The Balaban J connectivity index is 1.70. The number of piperidine rings is 1. The largest absolute Gasteiger partial charge is 0.334 e. The highest BCUT2D eigenvalue weighted by atomic mass is 35.5. The molecular weight excluding hydrogens is 415 g/mol. The fraction of sp³-hybridized carbons (Fsp3) is 0.480. The Labute approximate surface area is 190 Å². The van der Waals surface area contributed by atoms with Crippen molar-refractivity contribution in [2.24, 2.45) is 0 Å². The number of amides is 1. The molecule has 160 valence electrons. The van der Waals surface area contributed by atoms with Crippen molar-refractivity contribution in [1.29, 1.82) is 0 Å². The summed E-state index contributed by atoms with van der Waals surface area (Å²) < 4.78 is 0. The van der Waals surface area contributed by atoms with E-state index in [1.807, 2.05) is 24.3 Å². The van der Waals surface area contributed by atoms with E-state index in [9.17, 15) is 4.79 Å². The summed E-state index contributed by atoms with van der Waals surface area (Å²) in [4.78, 5) is 18.7. The molecule has 3 nitrogen and oxygen atoms in total. The molecule has 2 aliphatic heterocycles. The van der Waals surface area contributed by atoms with Crippen LogP contribution in [-0.4, -0.2) is 41.9 Å². The molecule has 1 amide bonds. The van der Waals surface area contributed by atoms with Crippen LogP contribution in [0.25, 0.3) is 0 Å². The van der Waals surface area contributed by atoms with E-state index >= 15 is 0 Å². The van der Waals surface area contributed by atoms with Gasteiger partial charge in [-0.3, -0.25) is 4.79 Å². The SMILES string of the molecule is CCC1(c2ccc(Cl)c(Cl)c2)CCCN(C(CN2CCCC2)c2ccccc2)C1=O. The highest BCUT2D eigenvalue weighted by Gasteiger charge is 2.46. The lowest BCUT2D eigenvalue weighted by molar-refractivity contribution is -0.144.